The molecule has 8 heteroatoms. The average molecular weight is 397 g/mol. The zero-order valence-corrected chi connectivity index (χ0v) is 16.6. The second kappa shape index (κ2) is 8.74. The molecule has 0 N–H and O–H groups in total. The molecule has 0 bridgehead atoms. The zero-order valence-electron chi connectivity index (χ0n) is 15.8. The topological polar surface area (TPSA) is 87.7 Å². The molecule has 2 unspecified atom stereocenters. The van der Waals surface area contributed by atoms with E-state index < -0.39 is 0 Å². The summed E-state index contributed by atoms with van der Waals surface area (Å²) in [6.45, 7) is 1.24. The lowest BCUT2D eigenvalue weighted by Gasteiger charge is -2.20. The van der Waals surface area contributed by atoms with Gasteiger partial charge in [-0.3, -0.25) is 14.3 Å². The van der Waals surface area contributed by atoms with E-state index in [9.17, 15) is 10.1 Å². The highest BCUT2D eigenvalue weighted by molar-refractivity contribution is 7.99. The maximum Gasteiger partial charge on any atom is 0.222 e. The number of likely N-dealkylation sites (tertiary alicyclic amines) is 1. The molecule has 1 saturated heterocycles. The van der Waals surface area contributed by atoms with Crippen molar-refractivity contribution >= 4 is 17.7 Å². The predicted molar refractivity (Wildman–Crippen MR) is 106 cm³/mol. The summed E-state index contributed by atoms with van der Waals surface area (Å²) in [4.78, 5) is 18.6. The first-order valence-corrected chi connectivity index (χ1v) is 10.8. The van der Waals surface area contributed by atoms with Crippen LogP contribution in [0.1, 0.15) is 50.8 Å². The molecule has 0 radical (unpaired) electrons. The molecule has 1 saturated carbocycles. The van der Waals surface area contributed by atoms with Crippen molar-refractivity contribution in [1.29, 1.82) is 5.26 Å². The minimum Gasteiger partial charge on any atom is -0.335 e. The number of pyridine rings is 1. The quantitative estimate of drug-likeness (QED) is 0.770. The molecule has 1 aliphatic heterocycles. The molecule has 2 fully saturated rings. The highest BCUT2D eigenvalue weighted by Gasteiger charge is 2.28. The third-order valence-electron chi connectivity index (χ3n) is 5.45. The van der Waals surface area contributed by atoms with E-state index in [0.717, 1.165) is 61.7 Å². The molecular formula is C20H24N6OS. The summed E-state index contributed by atoms with van der Waals surface area (Å²) in [6.07, 6.45) is 10.1. The van der Waals surface area contributed by atoms with Gasteiger partial charge in [-0.2, -0.15) is 5.26 Å². The van der Waals surface area contributed by atoms with Gasteiger partial charge in [-0.25, -0.2) is 0 Å². The Morgan fingerprint density at radius 3 is 2.96 bits per heavy atom. The Morgan fingerprint density at radius 1 is 1.25 bits per heavy atom. The summed E-state index contributed by atoms with van der Waals surface area (Å²) in [5, 5.41) is 19.3. The average Bonchev–Trinajstić information content (AvgIpc) is 3.28. The molecular weight excluding hydrogens is 372 g/mol. The summed E-state index contributed by atoms with van der Waals surface area (Å²) in [7, 11) is 0. The minimum absolute atomic E-state index is 0.140. The van der Waals surface area contributed by atoms with Crippen molar-refractivity contribution < 1.29 is 4.79 Å². The summed E-state index contributed by atoms with van der Waals surface area (Å²) in [6, 6.07) is 6.27. The van der Waals surface area contributed by atoms with Crippen molar-refractivity contribution in [2.75, 3.05) is 6.54 Å². The van der Waals surface area contributed by atoms with Crippen molar-refractivity contribution in [3.8, 4) is 11.8 Å². The largest absolute Gasteiger partial charge is 0.335 e. The Balaban J connectivity index is 1.60. The van der Waals surface area contributed by atoms with E-state index in [1.165, 1.54) is 0 Å². The number of aromatic nitrogens is 4. The Labute approximate surface area is 169 Å². The third kappa shape index (κ3) is 4.20. The van der Waals surface area contributed by atoms with Crippen molar-refractivity contribution in [2.24, 2.45) is 5.92 Å². The zero-order chi connectivity index (χ0) is 19.3. The molecule has 28 heavy (non-hydrogen) atoms. The third-order valence-corrected chi connectivity index (χ3v) is 6.68. The fourth-order valence-corrected chi connectivity index (χ4v) is 5.20. The molecule has 4 rings (SSSR count). The fraction of sp³-hybridized carbons (Fsp3) is 0.550. The number of rotatable bonds is 5. The Kier molecular flexibility index (Phi) is 5.91. The second-order valence-electron chi connectivity index (χ2n) is 7.45. The lowest BCUT2D eigenvalue weighted by Crippen LogP contribution is -2.31. The van der Waals surface area contributed by atoms with Gasteiger partial charge in [0.25, 0.3) is 0 Å². The molecule has 2 atom stereocenters. The number of hydrogen-bond acceptors (Lipinski definition) is 6. The number of carbonyl (C=O) groups excluding carboxylic acids is 1. The Hall–Kier alpha value is -2.40. The van der Waals surface area contributed by atoms with Crippen LogP contribution in [0.5, 0.6) is 0 Å². The smallest absolute Gasteiger partial charge is 0.222 e. The number of amides is 1. The Bertz CT molecular complexity index is 861. The first kappa shape index (κ1) is 18.9. The molecule has 3 heterocycles. The van der Waals surface area contributed by atoms with E-state index in [0.29, 0.717) is 18.2 Å². The predicted octanol–water partition coefficient (Wildman–Crippen LogP) is 3.35. The highest BCUT2D eigenvalue weighted by atomic mass is 32.2. The lowest BCUT2D eigenvalue weighted by molar-refractivity contribution is -0.131. The van der Waals surface area contributed by atoms with Crippen molar-refractivity contribution in [2.45, 2.75) is 61.9 Å². The van der Waals surface area contributed by atoms with Gasteiger partial charge in [-0.15, -0.1) is 10.2 Å². The van der Waals surface area contributed by atoms with Crippen LogP contribution in [0.3, 0.4) is 0 Å². The van der Waals surface area contributed by atoms with Gasteiger partial charge in [0, 0.05) is 30.3 Å². The van der Waals surface area contributed by atoms with Crippen LogP contribution in [-0.4, -0.2) is 42.4 Å². The van der Waals surface area contributed by atoms with Crippen molar-refractivity contribution in [3.05, 3.63) is 30.4 Å². The molecule has 0 aromatic carbocycles. The summed E-state index contributed by atoms with van der Waals surface area (Å²) >= 11 is 1.69. The number of nitrogens with zero attached hydrogens (tertiary/aromatic N) is 6. The minimum atomic E-state index is 0.140. The molecule has 0 spiro atoms. The number of nitriles is 1. The number of hydrogen-bond donors (Lipinski definition) is 0. The van der Waals surface area contributed by atoms with Crippen molar-refractivity contribution in [3.63, 3.8) is 0 Å². The summed E-state index contributed by atoms with van der Waals surface area (Å²) < 4.78 is 2.02. The van der Waals surface area contributed by atoms with Crippen molar-refractivity contribution in [1.82, 2.24) is 24.6 Å². The molecule has 1 amide bonds. The van der Waals surface area contributed by atoms with Gasteiger partial charge in [0.2, 0.25) is 5.91 Å². The van der Waals surface area contributed by atoms with Gasteiger partial charge in [0.1, 0.15) is 0 Å². The molecule has 1 aliphatic carbocycles. The standard InChI is InChI=1S/C20H24N6OS/c21-12-15-7-8-17(11-15)28-20-24-23-18(26(20)16-5-4-9-22-13-16)14-25-10-3-1-2-6-19(25)27/h4-5,9,13,15,17H,1-3,6-8,10-11,14H2. The number of carbonyl (C=O) groups is 1. The van der Waals surface area contributed by atoms with Gasteiger partial charge < -0.3 is 4.90 Å². The van der Waals surface area contributed by atoms with E-state index >= 15 is 0 Å². The van der Waals surface area contributed by atoms with Gasteiger partial charge in [0.05, 0.1) is 24.5 Å². The molecule has 2 aliphatic rings. The maximum absolute atomic E-state index is 12.4. The molecule has 7 nitrogen and oxygen atoms in total. The fourth-order valence-electron chi connectivity index (χ4n) is 3.91. The van der Waals surface area contributed by atoms with Crippen LogP contribution in [0.15, 0.2) is 29.7 Å². The highest BCUT2D eigenvalue weighted by Crippen LogP contribution is 2.38. The van der Waals surface area contributed by atoms with Crippen LogP contribution in [0, 0.1) is 17.2 Å². The van der Waals surface area contributed by atoms with E-state index in [1.807, 2.05) is 21.6 Å². The lowest BCUT2D eigenvalue weighted by atomic mass is 10.1. The van der Waals surface area contributed by atoms with Crippen LogP contribution in [0.25, 0.3) is 5.69 Å². The van der Waals surface area contributed by atoms with E-state index in [-0.39, 0.29) is 11.8 Å². The van der Waals surface area contributed by atoms with Crippen LogP contribution in [-0.2, 0) is 11.3 Å². The van der Waals surface area contributed by atoms with E-state index in [1.54, 1.807) is 24.2 Å². The maximum atomic E-state index is 12.4. The van der Waals surface area contributed by atoms with Gasteiger partial charge in [0.15, 0.2) is 11.0 Å². The molecule has 2 aromatic rings. The second-order valence-corrected chi connectivity index (χ2v) is 8.72. The summed E-state index contributed by atoms with van der Waals surface area (Å²) in [5.41, 5.74) is 0.905. The van der Waals surface area contributed by atoms with E-state index in [4.69, 9.17) is 0 Å². The monoisotopic (exact) mass is 396 g/mol. The number of thioether (sulfide) groups is 1. The van der Waals surface area contributed by atoms with Gasteiger partial charge in [-0.1, -0.05) is 18.2 Å². The van der Waals surface area contributed by atoms with Gasteiger partial charge >= 0.3 is 0 Å². The van der Waals surface area contributed by atoms with Crippen LogP contribution >= 0.6 is 11.8 Å². The van der Waals surface area contributed by atoms with Crippen LogP contribution in [0.2, 0.25) is 0 Å². The molecule has 146 valence electrons. The summed E-state index contributed by atoms with van der Waals surface area (Å²) in [5.74, 6) is 1.10. The van der Waals surface area contributed by atoms with Crippen LogP contribution in [0.4, 0.5) is 0 Å². The normalized spacial score (nSPS) is 22.8. The SMILES string of the molecule is N#CC1CCC(Sc2nnc(CN3CCCCCC3=O)n2-c2cccnc2)C1. The molecule has 2 aromatic heterocycles. The van der Waals surface area contributed by atoms with Crippen LogP contribution < -0.4 is 0 Å². The van der Waals surface area contributed by atoms with Gasteiger partial charge in [-0.05, 0) is 44.2 Å². The van der Waals surface area contributed by atoms with E-state index in [2.05, 4.69) is 21.3 Å². The Morgan fingerprint density at radius 2 is 2.18 bits per heavy atom. The first-order valence-electron chi connectivity index (χ1n) is 9.93. The first-order chi connectivity index (χ1) is 13.7.